The molecule has 1 atom stereocenters. The van der Waals surface area contributed by atoms with E-state index in [9.17, 15) is 19.2 Å². The molecule has 234 valence electrons. The molecule has 7 rings (SSSR count). The van der Waals surface area contributed by atoms with Crippen LogP contribution >= 0.6 is 0 Å². The topological polar surface area (TPSA) is 89.3 Å². The molecule has 0 bridgehead atoms. The normalized spacial score (nSPS) is 20.1. The van der Waals surface area contributed by atoms with Gasteiger partial charge in [0.2, 0.25) is 5.91 Å². The Morgan fingerprint density at radius 1 is 1.00 bits per heavy atom. The van der Waals surface area contributed by atoms with Gasteiger partial charge in [-0.3, -0.25) is 14.6 Å². The van der Waals surface area contributed by atoms with Crippen molar-refractivity contribution in [2.75, 3.05) is 33.2 Å². The molecule has 1 N–H and O–H groups in total. The van der Waals surface area contributed by atoms with Gasteiger partial charge in [0, 0.05) is 44.0 Å². The lowest BCUT2D eigenvalue weighted by atomic mass is 9.59. The molecule has 0 radical (unpaired) electrons. The molecule has 8 heteroatoms. The zero-order chi connectivity index (χ0) is 32.1. The highest BCUT2D eigenvalue weighted by molar-refractivity contribution is 5.95. The number of rotatable bonds is 7. The second-order valence-electron chi connectivity index (χ2n) is 13.7. The molecule has 3 aromatic rings. The molecule has 2 saturated carbocycles. The summed E-state index contributed by atoms with van der Waals surface area (Å²) >= 11 is 0. The van der Waals surface area contributed by atoms with Crippen LogP contribution in [-0.2, 0) is 4.79 Å². The number of halogens is 1. The van der Waals surface area contributed by atoms with E-state index in [2.05, 4.69) is 52.6 Å². The van der Waals surface area contributed by atoms with Crippen molar-refractivity contribution in [2.45, 2.75) is 45.1 Å². The molecule has 2 aliphatic heterocycles. The third-order valence-electron chi connectivity index (χ3n) is 10.2. The smallest absolute Gasteiger partial charge is 0.253 e. The molecule has 46 heavy (non-hydrogen) atoms. The Bertz CT molecular complexity index is 1780. The van der Waals surface area contributed by atoms with Crippen LogP contribution in [0.15, 0.2) is 78.6 Å². The number of likely N-dealkylation sites (tertiary alicyclic amines) is 1. The van der Waals surface area contributed by atoms with Crippen LogP contribution in [0.25, 0.3) is 11.1 Å². The summed E-state index contributed by atoms with van der Waals surface area (Å²) < 4.78 is 13.8. The van der Waals surface area contributed by atoms with Crippen LogP contribution in [0.1, 0.15) is 77.7 Å². The number of benzene rings is 2. The number of nitrogens with zero attached hydrogens (tertiary/aromatic N) is 4. The van der Waals surface area contributed by atoms with Crippen LogP contribution < -0.4 is 5.32 Å². The lowest BCUT2D eigenvalue weighted by Crippen LogP contribution is -2.58. The number of nitrogens with one attached hydrogen (secondary N) is 1. The van der Waals surface area contributed by atoms with Crippen molar-refractivity contribution in [1.82, 2.24) is 20.1 Å². The Kier molecular flexibility index (Phi) is 7.60. The Hall–Kier alpha value is -4.61. The first-order valence-corrected chi connectivity index (χ1v) is 16.1. The van der Waals surface area contributed by atoms with Gasteiger partial charge in [0.25, 0.3) is 5.91 Å². The number of carbonyl (C=O) groups excluding carboxylic acids is 2. The predicted molar refractivity (Wildman–Crippen MR) is 175 cm³/mol. The van der Waals surface area contributed by atoms with E-state index in [1.54, 1.807) is 17.3 Å². The van der Waals surface area contributed by atoms with Gasteiger partial charge in [-0.25, -0.2) is 4.39 Å². The number of amides is 2. The van der Waals surface area contributed by atoms with Gasteiger partial charge >= 0.3 is 0 Å². The lowest BCUT2D eigenvalue weighted by Gasteiger charge is -2.56. The highest BCUT2D eigenvalue weighted by Gasteiger charge is 2.52. The van der Waals surface area contributed by atoms with Crippen LogP contribution in [0.5, 0.6) is 0 Å². The van der Waals surface area contributed by atoms with Crippen molar-refractivity contribution in [3.63, 3.8) is 0 Å². The van der Waals surface area contributed by atoms with Crippen molar-refractivity contribution in [3.8, 4) is 6.07 Å². The summed E-state index contributed by atoms with van der Waals surface area (Å²) in [4.78, 5) is 34.5. The Balaban J connectivity index is 1.02. The summed E-state index contributed by atoms with van der Waals surface area (Å²) in [5.74, 6) is -0.514. The molecule has 2 aromatic carbocycles. The zero-order valence-electron chi connectivity index (χ0n) is 26.4. The maximum absolute atomic E-state index is 13.8. The van der Waals surface area contributed by atoms with Crippen LogP contribution in [-0.4, -0.2) is 59.8 Å². The molecule has 3 heterocycles. The summed E-state index contributed by atoms with van der Waals surface area (Å²) in [7, 11) is 2.16. The second kappa shape index (κ2) is 11.6. The molecular weight excluding hydrogens is 577 g/mol. The minimum Gasteiger partial charge on any atom is -0.345 e. The molecule has 3 fully saturated rings. The maximum Gasteiger partial charge on any atom is 0.253 e. The standard InChI is InChI=1S/C38H38FN5O2/c1-25(42-35(45)31-17-30(20-41-21-31)27-11-15-44(16-12-27)36(46)38(22-40)13-14-38)26-3-5-28(6-4-26)34(29-7-9-33(39)10-8-29)32-18-37(19-32)23-43(2)24-37/h3-11,17,20-21,25H,12-16,18-19,23-24H2,1-2H3,(H,42,45)/t25-/m1/s1. The SMILES string of the molecule is C[C@@H](NC(=O)c1cncc(C2=CCN(C(=O)C3(C#N)CC3)CC2)c1)c1ccc(C(=C2CC3(C2)CN(C)C3)c2ccc(F)cc2)cc1. The van der Waals surface area contributed by atoms with Gasteiger partial charge in [-0.1, -0.05) is 48.0 Å². The van der Waals surface area contributed by atoms with Gasteiger partial charge in [0.15, 0.2) is 0 Å². The van der Waals surface area contributed by atoms with Crippen molar-refractivity contribution in [1.29, 1.82) is 5.26 Å². The van der Waals surface area contributed by atoms with E-state index in [1.165, 1.54) is 23.3 Å². The molecule has 7 nitrogen and oxygen atoms in total. The van der Waals surface area contributed by atoms with Gasteiger partial charge in [-0.2, -0.15) is 5.26 Å². The zero-order valence-corrected chi connectivity index (χ0v) is 26.4. The minimum absolute atomic E-state index is 0.0694. The van der Waals surface area contributed by atoms with Gasteiger partial charge < -0.3 is 15.1 Å². The third kappa shape index (κ3) is 5.65. The number of allylic oxidation sites excluding steroid dienone is 1. The van der Waals surface area contributed by atoms with Crippen LogP contribution in [0, 0.1) is 28.0 Å². The Morgan fingerprint density at radius 2 is 1.67 bits per heavy atom. The molecule has 4 aliphatic rings. The number of nitriles is 1. The number of hydrogen-bond donors (Lipinski definition) is 1. The van der Waals surface area contributed by atoms with Crippen LogP contribution in [0.3, 0.4) is 0 Å². The summed E-state index contributed by atoms with van der Waals surface area (Å²) in [6, 6.07) is 18.9. The summed E-state index contributed by atoms with van der Waals surface area (Å²) in [5.41, 5.74) is 7.70. The molecule has 1 aromatic heterocycles. The van der Waals surface area contributed by atoms with Gasteiger partial charge in [-0.05, 0) is 97.7 Å². The fraction of sp³-hybridized carbons (Fsp3) is 0.368. The number of carbonyl (C=O) groups is 2. The van der Waals surface area contributed by atoms with Gasteiger partial charge in [-0.15, -0.1) is 0 Å². The van der Waals surface area contributed by atoms with Crippen LogP contribution in [0.4, 0.5) is 4.39 Å². The first-order chi connectivity index (χ1) is 22.2. The number of hydrogen-bond acceptors (Lipinski definition) is 5. The first kappa shape index (κ1) is 30.1. The van der Waals surface area contributed by atoms with Crippen molar-refractivity contribution >= 4 is 23.0 Å². The van der Waals surface area contributed by atoms with Gasteiger partial charge in [0.1, 0.15) is 11.2 Å². The molecule has 1 spiro atoms. The fourth-order valence-electron chi connectivity index (χ4n) is 7.50. The van der Waals surface area contributed by atoms with E-state index in [0.29, 0.717) is 43.3 Å². The summed E-state index contributed by atoms with van der Waals surface area (Å²) in [6.07, 6.45) is 9.41. The minimum atomic E-state index is -0.808. The average molecular weight is 616 g/mol. The summed E-state index contributed by atoms with van der Waals surface area (Å²) in [5, 5.41) is 12.5. The summed E-state index contributed by atoms with van der Waals surface area (Å²) in [6.45, 7) is 5.23. The highest BCUT2D eigenvalue weighted by Crippen LogP contribution is 2.54. The first-order valence-electron chi connectivity index (χ1n) is 16.1. The molecule has 1 saturated heterocycles. The quantitative estimate of drug-likeness (QED) is 0.344. The van der Waals surface area contributed by atoms with E-state index in [-0.39, 0.29) is 23.7 Å². The van der Waals surface area contributed by atoms with Gasteiger partial charge in [0.05, 0.1) is 17.7 Å². The van der Waals surface area contributed by atoms with Crippen molar-refractivity contribution < 1.29 is 14.0 Å². The molecular formula is C38H38FN5O2. The predicted octanol–water partition coefficient (Wildman–Crippen LogP) is 6.16. The molecule has 2 amide bonds. The third-order valence-corrected chi connectivity index (χ3v) is 10.2. The van der Waals surface area contributed by atoms with E-state index in [0.717, 1.165) is 53.8 Å². The lowest BCUT2D eigenvalue weighted by molar-refractivity contribution is -0.134. The Morgan fingerprint density at radius 3 is 2.26 bits per heavy atom. The molecule has 0 unspecified atom stereocenters. The van der Waals surface area contributed by atoms with Crippen molar-refractivity contribution in [2.24, 2.45) is 10.8 Å². The largest absolute Gasteiger partial charge is 0.345 e. The van der Waals surface area contributed by atoms with E-state index in [1.807, 2.05) is 31.2 Å². The van der Waals surface area contributed by atoms with E-state index < -0.39 is 5.41 Å². The number of aromatic nitrogens is 1. The fourth-order valence-corrected chi connectivity index (χ4v) is 7.50. The van der Waals surface area contributed by atoms with E-state index in [4.69, 9.17) is 0 Å². The maximum atomic E-state index is 13.8. The Labute approximate surface area is 269 Å². The van der Waals surface area contributed by atoms with Crippen molar-refractivity contribution in [3.05, 3.63) is 112 Å². The monoisotopic (exact) mass is 615 g/mol. The molecule has 2 aliphatic carbocycles. The highest BCUT2D eigenvalue weighted by atomic mass is 19.1. The second-order valence-corrected chi connectivity index (χ2v) is 13.7. The van der Waals surface area contributed by atoms with E-state index >= 15 is 0 Å². The average Bonchev–Trinajstić information content (AvgIpc) is 3.85. The number of pyridine rings is 1. The van der Waals surface area contributed by atoms with Crippen LogP contribution in [0.2, 0.25) is 0 Å².